The van der Waals surface area contributed by atoms with Crippen LogP contribution < -0.4 is 10.6 Å². The molecule has 0 bridgehead atoms. The largest absolute Gasteiger partial charge is 0.376 e. The molecule has 7 heteroatoms. The van der Waals surface area contributed by atoms with Crippen molar-refractivity contribution in [2.45, 2.75) is 6.54 Å². The van der Waals surface area contributed by atoms with Gasteiger partial charge in [-0.2, -0.15) is 0 Å². The van der Waals surface area contributed by atoms with E-state index in [1.807, 2.05) is 30.5 Å². The maximum absolute atomic E-state index is 12.8. The fourth-order valence-corrected chi connectivity index (χ4v) is 4.11. The number of benzene rings is 3. The smallest absolute Gasteiger partial charge is 0.255 e. The number of hydrogen-bond acceptors (Lipinski definition) is 4. The number of H-pyrrole nitrogens is 1. The van der Waals surface area contributed by atoms with E-state index in [1.165, 1.54) is 0 Å². The Morgan fingerprint density at radius 2 is 1.58 bits per heavy atom. The predicted molar refractivity (Wildman–Crippen MR) is 128 cm³/mol. The van der Waals surface area contributed by atoms with E-state index in [9.17, 15) is 14.4 Å². The van der Waals surface area contributed by atoms with E-state index in [0.717, 1.165) is 22.2 Å². The number of fused-ring (bicyclic) bond motifs is 2. The fourth-order valence-electron chi connectivity index (χ4n) is 3.86. The van der Waals surface area contributed by atoms with Crippen molar-refractivity contribution in [1.29, 1.82) is 0 Å². The third kappa shape index (κ3) is 3.81. The van der Waals surface area contributed by atoms with Crippen LogP contribution in [0, 0.1) is 0 Å². The molecule has 0 saturated carbocycles. The lowest BCUT2D eigenvalue weighted by atomic mass is 9.92. The molecule has 5 rings (SSSR count). The summed E-state index contributed by atoms with van der Waals surface area (Å²) in [7, 11) is 0. The van der Waals surface area contributed by atoms with E-state index in [2.05, 4.69) is 15.6 Å². The summed E-state index contributed by atoms with van der Waals surface area (Å²) in [5, 5.41) is 6.74. The van der Waals surface area contributed by atoms with Gasteiger partial charge >= 0.3 is 0 Å². The van der Waals surface area contributed by atoms with Crippen molar-refractivity contribution in [3.05, 3.63) is 112 Å². The minimum atomic E-state index is -0.376. The molecule has 162 valence electrons. The standard InChI is InChI=1S/C26H18ClN3O3/c27-22-23(25(32)18-5-2-1-4-17(18)24(22)31)29-14-15-8-10-16(11-9-15)26(33)30-21-7-3-6-20-19(21)12-13-28-20/h1-13,28-29H,14H2,(H,30,33). The number of carbonyl (C=O) groups is 3. The van der Waals surface area contributed by atoms with Crippen LogP contribution in [0.3, 0.4) is 0 Å². The van der Waals surface area contributed by atoms with Crippen LogP contribution in [0.15, 0.2) is 89.7 Å². The highest BCUT2D eigenvalue weighted by Crippen LogP contribution is 2.27. The Balaban J connectivity index is 1.28. The van der Waals surface area contributed by atoms with E-state index < -0.39 is 0 Å². The molecule has 0 radical (unpaired) electrons. The van der Waals surface area contributed by atoms with Gasteiger partial charge in [0.25, 0.3) is 5.91 Å². The number of aromatic amines is 1. The Morgan fingerprint density at radius 3 is 2.33 bits per heavy atom. The number of halogens is 1. The number of aromatic nitrogens is 1. The van der Waals surface area contributed by atoms with Gasteiger partial charge in [-0.1, -0.05) is 54.1 Å². The van der Waals surface area contributed by atoms with E-state index >= 15 is 0 Å². The first-order valence-electron chi connectivity index (χ1n) is 10.3. The van der Waals surface area contributed by atoms with Crippen LogP contribution in [0.4, 0.5) is 5.69 Å². The molecule has 0 saturated heterocycles. The number of anilines is 1. The number of Topliss-reactive ketones (excluding diaryl/α,β-unsaturated/α-hetero) is 2. The van der Waals surface area contributed by atoms with Crippen molar-refractivity contribution in [3.8, 4) is 0 Å². The molecule has 3 aromatic carbocycles. The fraction of sp³-hybridized carbons (Fsp3) is 0.0385. The quantitative estimate of drug-likeness (QED) is 0.393. The van der Waals surface area contributed by atoms with Crippen LogP contribution in [-0.2, 0) is 6.54 Å². The molecule has 4 aromatic rings. The van der Waals surface area contributed by atoms with Gasteiger partial charge in [-0.05, 0) is 35.9 Å². The lowest BCUT2D eigenvalue weighted by Crippen LogP contribution is -2.28. The van der Waals surface area contributed by atoms with Crippen molar-refractivity contribution < 1.29 is 14.4 Å². The zero-order chi connectivity index (χ0) is 22.9. The van der Waals surface area contributed by atoms with Gasteiger partial charge in [0.2, 0.25) is 11.6 Å². The van der Waals surface area contributed by atoms with Crippen LogP contribution in [0.1, 0.15) is 36.6 Å². The summed E-state index contributed by atoms with van der Waals surface area (Å²) in [4.78, 5) is 41.1. The molecule has 33 heavy (non-hydrogen) atoms. The summed E-state index contributed by atoms with van der Waals surface area (Å²) < 4.78 is 0. The monoisotopic (exact) mass is 455 g/mol. The molecule has 1 aliphatic rings. The van der Waals surface area contributed by atoms with Crippen LogP contribution in [0.2, 0.25) is 0 Å². The highest BCUT2D eigenvalue weighted by atomic mass is 35.5. The molecule has 3 N–H and O–H groups in total. The molecule has 0 spiro atoms. The number of ketones is 2. The number of hydrogen-bond donors (Lipinski definition) is 3. The Hall–Kier alpha value is -4.16. The molecule has 0 atom stereocenters. The van der Waals surface area contributed by atoms with E-state index in [0.29, 0.717) is 16.7 Å². The first-order valence-corrected chi connectivity index (χ1v) is 10.7. The van der Waals surface area contributed by atoms with Crippen LogP contribution in [-0.4, -0.2) is 22.5 Å². The normalized spacial score (nSPS) is 13.2. The Kier molecular flexibility index (Phi) is 5.28. The molecular formula is C26H18ClN3O3. The second-order valence-electron chi connectivity index (χ2n) is 7.64. The van der Waals surface area contributed by atoms with Crippen LogP contribution in [0.5, 0.6) is 0 Å². The lowest BCUT2D eigenvalue weighted by Gasteiger charge is -2.19. The van der Waals surface area contributed by atoms with E-state index in [-0.39, 0.29) is 34.7 Å². The second-order valence-corrected chi connectivity index (χ2v) is 8.02. The van der Waals surface area contributed by atoms with Gasteiger partial charge in [-0.25, -0.2) is 0 Å². The Bertz CT molecular complexity index is 1450. The van der Waals surface area contributed by atoms with Gasteiger partial charge in [0.05, 0.1) is 5.69 Å². The number of rotatable bonds is 5. The van der Waals surface area contributed by atoms with Gasteiger partial charge in [0.1, 0.15) is 10.7 Å². The van der Waals surface area contributed by atoms with Crippen molar-refractivity contribution in [2.75, 3.05) is 5.32 Å². The molecule has 1 aromatic heterocycles. The molecule has 0 fully saturated rings. The summed E-state index contributed by atoms with van der Waals surface area (Å²) in [5.74, 6) is -0.914. The van der Waals surface area contributed by atoms with Gasteiger partial charge in [0, 0.05) is 40.3 Å². The van der Waals surface area contributed by atoms with Crippen LogP contribution >= 0.6 is 11.6 Å². The number of nitrogens with one attached hydrogen (secondary N) is 3. The van der Waals surface area contributed by atoms with Crippen molar-refractivity contribution in [2.24, 2.45) is 0 Å². The first-order chi connectivity index (χ1) is 16.0. The Morgan fingerprint density at radius 1 is 0.848 bits per heavy atom. The average Bonchev–Trinajstić information content (AvgIpc) is 3.33. The van der Waals surface area contributed by atoms with Crippen molar-refractivity contribution in [3.63, 3.8) is 0 Å². The summed E-state index contributed by atoms with van der Waals surface area (Å²) >= 11 is 6.19. The van der Waals surface area contributed by atoms with E-state index in [4.69, 9.17) is 11.6 Å². The molecule has 0 aliphatic heterocycles. The maximum Gasteiger partial charge on any atom is 0.255 e. The van der Waals surface area contributed by atoms with Crippen molar-refractivity contribution >= 4 is 45.7 Å². The third-order valence-corrected chi connectivity index (χ3v) is 5.95. The second kappa shape index (κ2) is 8.41. The summed E-state index contributed by atoms with van der Waals surface area (Å²) in [6.07, 6.45) is 1.83. The third-order valence-electron chi connectivity index (χ3n) is 5.59. The SMILES string of the molecule is O=C(Nc1cccc2[nH]ccc12)c1ccc(CNC2=C(Cl)C(=O)c3ccccc3C2=O)cc1. The highest BCUT2D eigenvalue weighted by molar-refractivity contribution is 6.49. The molecule has 1 amide bonds. The van der Waals surface area contributed by atoms with E-state index in [1.54, 1.807) is 48.5 Å². The molecular weight excluding hydrogens is 438 g/mol. The predicted octanol–water partition coefficient (Wildman–Crippen LogP) is 5.04. The minimum absolute atomic E-state index is 0.0850. The molecule has 1 aliphatic carbocycles. The lowest BCUT2D eigenvalue weighted by molar-refractivity contribution is 0.0974. The molecule has 6 nitrogen and oxygen atoms in total. The van der Waals surface area contributed by atoms with Gasteiger partial charge in [-0.3, -0.25) is 14.4 Å². The first kappa shape index (κ1) is 20.7. The maximum atomic E-state index is 12.8. The summed E-state index contributed by atoms with van der Waals surface area (Å²) in [6, 6.07) is 21.2. The van der Waals surface area contributed by atoms with Gasteiger partial charge in [0.15, 0.2) is 0 Å². The minimum Gasteiger partial charge on any atom is -0.376 e. The van der Waals surface area contributed by atoms with Gasteiger partial charge in [-0.15, -0.1) is 0 Å². The highest BCUT2D eigenvalue weighted by Gasteiger charge is 2.30. The summed E-state index contributed by atoms with van der Waals surface area (Å²) in [5.41, 5.74) is 3.73. The molecule has 1 heterocycles. The van der Waals surface area contributed by atoms with Crippen molar-refractivity contribution in [1.82, 2.24) is 10.3 Å². The number of amides is 1. The zero-order valence-corrected chi connectivity index (χ0v) is 18.1. The topological polar surface area (TPSA) is 91.1 Å². The zero-order valence-electron chi connectivity index (χ0n) is 17.3. The number of allylic oxidation sites excluding steroid dienone is 2. The van der Waals surface area contributed by atoms with Crippen LogP contribution in [0.25, 0.3) is 10.9 Å². The average molecular weight is 456 g/mol. The van der Waals surface area contributed by atoms with Gasteiger partial charge < -0.3 is 15.6 Å². The molecule has 0 unspecified atom stereocenters. The summed E-state index contributed by atoms with van der Waals surface area (Å²) in [6.45, 7) is 0.275. The Labute approximate surface area is 194 Å². The number of carbonyl (C=O) groups excluding carboxylic acids is 3.